The summed E-state index contributed by atoms with van der Waals surface area (Å²) in [5.41, 5.74) is 0.934. The third kappa shape index (κ3) is 4.29. The molecule has 1 heterocycles. The minimum absolute atomic E-state index is 0.0170. The molecule has 0 aliphatic rings. The molecule has 1 amide bonds. The summed E-state index contributed by atoms with van der Waals surface area (Å²) in [7, 11) is 0. The van der Waals surface area contributed by atoms with Crippen molar-refractivity contribution >= 4 is 35.1 Å². The summed E-state index contributed by atoms with van der Waals surface area (Å²) in [6, 6.07) is 8.05. The van der Waals surface area contributed by atoms with Gasteiger partial charge < -0.3 is 10.4 Å². The lowest BCUT2D eigenvalue weighted by Gasteiger charge is -2.15. The number of amides is 1. The van der Waals surface area contributed by atoms with Gasteiger partial charge in [-0.2, -0.15) is 0 Å². The van der Waals surface area contributed by atoms with Gasteiger partial charge in [-0.3, -0.25) is 14.2 Å². The zero-order chi connectivity index (χ0) is 20.3. The lowest BCUT2D eigenvalue weighted by Crippen LogP contribution is -2.32. The normalized spacial score (nSPS) is 11.8. The number of carboxylic acid groups (broad SMARTS) is 1. The molecule has 0 saturated heterocycles. The smallest absolute Gasteiger partial charge is 0.312 e. The van der Waals surface area contributed by atoms with Crippen LogP contribution in [0, 0.1) is 5.82 Å². The van der Waals surface area contributed by atoms with Gasteiger partial charge in [0.2, 0.25) is 0 Å². The van der Waals surface area contributed by atoms with Crippen LogP contribution in [-0.2, 0) is 4.79 Å². The molecule has 0 saturated carbocycles. The molecule has 28 heavy (non-hydrogen) atoms. The van der Waals surface area contributed by atoms with E-state index in [9.17, 15) is 19.1 Å². The molecular weight excluding hydrogens is 410 g/mol. The summed E-state index contributed by atoms with van der Waals surface area (Å²) in [6.45, 7) is -0.223. The molecule has 144 valence electrons. The van der Waals surface area contributed by atoms with E-state index in [1.165, 1.54) is 36.9 Å². The van der Waals surface area contributed by atoms with E-state index in [0.717, 1.165) is 12.1 Å². The van der Waals surface area contributed by atoms with Crippen LogP contribution in [0.25, 0.3) is 5.69 Å². The first-order valence-electron chi connectivity index (χ1n) is 7.97. The molecule has 10 heteroatoms. The predicted molar refractivity (Wildman–Crippen MR) is 100 cm³/mol. The SMILES string of the molecule is O=C(NCC(C(=O)O)c1ccc(F)cc1)c1c(Cl)cc(-n2cnnc2)cc1Cl. The quantitative estimate of drug-likeness (QED) is 0.634. The number of nitrogens with one attached hydrogen (secondary N) is 1. The zero-order valence-corrected chi connectivity index (χ0v) is 15.7. The summed E-state index contributed by atoms with van der Waals surface area (Å²) in [6.07, 6.45) is 2.89. The third-order valence-electron chi connectivity index (χ3n) is 4.01. The van der Waals surface area contributed by atoms with E-state index < -0.39 is 23.6 Å². The van der Waals surface area contributed by atoms with Crippen LogP contribution in [0.4, 0.5) is 4.39 Å². The largest absolute Gasteiger partial charge is 0.481 e. The lowest BCUT2D eigenvalue weighted by atomic mass is 9.99. The van der Waals surface area contributed by atoms with Gasteiger partial charge >= 0.3 is 5.97 Å². The Bertz CT molecular complexity index is 987. The van der Waals surface area contributed by atoms with E-state index in [-0.39, 0.29) is 22.2 Å². The molecule has 0 aliphatic heterocycles. The predicted octanol–water partition coefficient (Wildman–Crippen LogP) is 3.31. The van der Waals surface area contributed by atoms with Crippen molar-refractivity contribution in [3.63, 3.8) is 0 Å². The third-order valence-corrected chi connectivity index (χ3v) is 4.60. The van der Waals surface area contributed by atoms with Gasteiger partial charge in [-0.15, -0.1) is 10.2 Å². The molecule has 2 N–H and O–H groups in total. The molecule has 0 spiro atoms. The minimum atomic E-state index is -1.16. The van der Waals surface area contributed by atoms with Crippen molar-refractivity contribution in [2.75, 3.05) is 6.54 Å². The number of nitrogens with zero attached hydrogens (tertiary/aromatic N) is 3. The maximum atomic E-state index is 13.1. The molecule has 0 aliphatic carbocycles. The minimum Gasteiger partial charge on any atom is -0.481 e. The van der Waals surface area contributed by atoms with Gasteiger partial charge in [0.05, 0.1) is 27.2 Å². The number of hydrogen-bond donors (Lipinski definition) is 2. The van der Waals surface area contributed by atoms with E-state index in [0.29, 0.717) is 11.3 Å². The molecule has 1 aromatic heterocycles. The van der Waals surface area contributed by atoms with Crippen molar-refractivity contribution in [3.8, 4) is 5.69 Å². The number of benzene rings is 2. The fraction of sp³-hybridized carbons (Fsp3) is 0.111. The van der Waals surface area contributed by atoms with Crippen LogP contribution in [0.5, 0.6) is 0 Å². The highest BCUT2D eigenvalue weighted by atomic mass is 35.5. The van der Waals surface area contributed by atoms with Crippen LogP contribution < -0.4 is 5.32 Å². The van der Waals surface area contributed by atoms with Crippen LogP contribution in [0.3, 0.4) is 0 Å². The van der Waals surface area contributed by atoms with Crippen LogP contribution >= 0.6 is 23.2 Å². The molecule has 0 fully saturated rings. The topological polar surface area (TPSA) is 97.1 Å². The monoisotopic (exact) mass is 422 g/mol. The highest BCUT2D eigenvalue weighted by molar-refractivity contribution is 6.40. The van der Waals surface area contributed by atoms with Gasteiger partial charge in [0.25, 0.3) is 5.91 Å². The van der Waals surface area contributed by atoms with Crippen LogP contribution in [0.15, 0.2) is 49.1 Å². The first kappa shape index (κ1) is 19.8. The summed E-state index contributed by atoms with van der Waals surface area (Å²) in [5, 5.41) is 19.5. The molecule has 3 aromatic rings. The Labute approximate surface area is 168 Å². The Morgan fingerprint density at radius 3 is 2.21 bits per heavy atom. The molecule has 7 nitrogen and oxygen atoms in total. The number of aliphatic carboxylic acids is 1. The van der Waals surface area contributed by atoms with Gasteiger partial charge in [-0.1, -0.05) is 35.3 Å². The molecule has 2 aromatic carbocycles. The van der Waals surface area contributed by atoms with E-state index in [1.54, 1.807) is 4.57 Å². The van der Waals surface area contributed by atoms with Gasteiger partial charge in [0, 0.05) is 6.54 Å². The summed E-state index contributed by atoms with van der Waals surface area (Å²) in [4.78, 5) is 24.1. The standard InChI is InChI=1S/C18H13Cl2FN4O3/c19-14-5-12(25-8-23-24-9-25)6-15(20)16(14)17(26)22-7-13(18(27)28)10-1-3-11(21)4-2-10/h1-6,8-9,13H,7H2,(H,22,26)(H,27,28). The second-order valence-corrected chi connectivity index (χ2v) is 6.62. The van der Waals surface area contributed by atoms with Crippen molar-refractivity contribution in [3.05, 3.63) is 76.0 Å². The van der Waals surface area contributed by atoms with E-state index >= 15 is 0 Å². The second kappa shape index (κ2) is 8.37. The molecular formula is C18H13Cl2FN4O3. The van der Waals surface area contributed by atoms with Crippen LogP contribution in [0.2, 0.25) is 10.0 Å². The van der Waals surface area contributed by atoms with Crippen LogP contribution in [0.1, 0.15) is 21.8 Å². The average molecular weight is 423 g/mol. The van der Waals surface area contributed by atoms with Crippen molar-refractivity contribution < 1.29 is 19.1 Å². The van der Waals surface area contributed by atoms with Crippen molar-refractivity contribution in [2.24, 2.45) is 0 Å². The number of aromatic nitrogens is 3. The maximum absolute atomic E-state index is 13.1. The summed E-state index contributed by atoms with van der Waals surface area (Å²) in [5.74, 6) is -3.33. The number of rotatable bonds is 6. The van der Waals surface area contributed by atoms with Crippen LogP contribution in [-0.4, -0.2) is 38.3 Å². The number of carboxylic acids is 1. The van der Waals surface area contributed by atoms with Crippen molar-refractivity contribution in [1.82, 2.24) is 20.1 Å². The van der Waals surface area contributed by atoms with Crippen molar-refractivity contribution in [1.29, 1.82) is 0 Å². The number of carbonyl (C=O) groups is 2. The van der Waals surface area contributed by atoms with Gasteiger partial charge in [-0.05, 0) is 29.8 Å². The van der Waals surface area contributed by atoms with E-state index in [1.807, 2.05) is 0 Å². The highest BCUT2D eigenvalue weighted by Crippen LogP contribution is 2.28. The molecule has 3 rings (SSSR count). The molecule has 0 bridgehead atoms. The Hall–Kier alpha value is -2.97. The molecule has 0 radical (unpaired) electrons. The average Bonchev–Trinajstić information content (AvgIpc) is 3.17. The van der Waals surface area contributed by atoms with Gasteiger partial charge in [0.15, 0.2) is 0 Å². The first-order chi connectivity index (χ1) is 13.4. The summed E-state index contributed by atoms with van der Waals surface area (Å²) >= 11 is 12.4. The Balaban J connectivity index is 1.78. The number of carbonyl (C=O) groups excluding carboxylic acids is 1. The van der Waals surface area contributed by atoms with Gasteiger partial charge in [0.1, 0.15) is 18.5 Å². The number of hydrogen-bond acceptors (Lipinski definition) is 4. The zero-order valence-electron chi connectivity index (χ0n) is 14.1. The molecule has 1 atom stereocenters. The lowest BCUT2D eigenvalue weighted by molar-refractivity contribution is -0.138. The summed E-state index contributed by atoms with van der Waals surface area (Å²) < 4.78 is 14.6. The maximum Gasteiger partial charge on any atom is 0.312 e. The molecule has 1 unspecified atom stereocenters. The Kier molecular flexibility index (Phi) is 5.91. The van der Waals surface area contributed by atoms with E-state index in [4.69, 9.17) is 23.2 Å². The Morgan fingerprint density at radius 1 is 1.11 bits per heavy atom. The fourth-order valence-corrected chi connectivity index (χ4v) is 3.23. The highest BCUT2D eigenvalue weighted by Gasteiger charge is 2.23. The fourth-order valence-electron chi connectivity index (χ4n) is 2.59. The van der Waals surface area contributed by atoms with E-state index in [2.05, 4.69) is 15.5 Å². The first-order valence-corrected chi connectivity index (χ1v) is 8.73. The van der Waals surface area contributed by atoms with Gasteiger partial charge in [-0.25, -0.2) is 4.39 Å². The second-order valence-electron chi connectivity index (χ2n) is 5.81. The van der Waals surface area contributed by atoms with Crippen molar-refractivity contribution in [2.45, 2.75) is 5.92 Å². The number of halogens is 3. The Morgan fingerprint density at radius 2 is 1.68 bits per heavy atom.